The van der Waals surface area contributed by atoms with Gasteiger partial charge >= 0.3 is 5.97 Å². The molecule has 1 aliphatic rings. The molecule has 1 rings (SSSR count). The quantitative estimate of drug-likeness (QED) is 0.506. The van der Waals surface area contributed by atoms with Crippen LogP contribution in [0.4, 0.5) is 0 Å². The van der Waals surface area contributed by atoms with Gasteiger partial charge in [0, 0.05) is 7.05 Å². The van der Waals surface area contributed by atoms with E-state index >= 15 is 0 Å². The van der Waals surface area contributed by atoms with Gasteiger partial charge in [-0.25, -0.2) is 4.79 Å². The molecule has 0 aromatic carbocycles. The Morgan fingerprint density at radius 3 is 2.40 bits per heavy atom. The summed E-state index contributed by atoms with van der Waals surface area (Å²) in [7, 11) is 1.50. The molecular formula is C6H9NO3. The number of amides is 1. The third kappa shape index (κ3) is 0.683. The summed E-state index contributed by atoms with van der Waals surface area (Å²) in [5.74, 6) is -1.36. The number of likely N-dealkylation sites (N-methyl/N-ethyl adjacent to an activating group) is 1. The molecule has 1 N–H and O–H groups in total. The molecule has 0 bridgehead atoms. The minimum Gasteiger partial charge on any atom is -0.480 e. The molecule has 2 atom stereocenters. The Bertz CT molecular complexity index is 177. The van der Waals surface area contributed by atoms with Gasteiger partial charge in [-0.05, 0) is 0 Å². The SMILES string of the molecule is CC1C(=O)N(C)C1C(=O)O. The smallest absolute Gasteiger partial charge is 0.327 e. The standard InChI is InChI=1S/C6H9NO3/c1-3-4(6(9)10)7(2)5(3)8/h3-4H,1-2H3,(H,9,10). The molecular weight excluding hydrogens is 134 g/mol. The van der Waals surface area contributed by atoms with Crippen molar-refractivity contribution < 1.29 is 14.7 Å². The Labute approximate surface area is 58.4 Å². The lowest BCUT2D eigenvalue weighted by atomic mass is 9.90. The first kappa shape index (κ1) is 7.05. The van der Waals surface area contributed by atoms with E-state index < -0.39 is 12.0 Å². The molecule has 1 heterocycles. The minimum atomic E-state index is -0.922. The summed E-state index contributed by atoms with van der Waals surface area (Å²) in [6.45, 7) is 1.63. The van der Waals surface area contributed by atoms with Crippen molar-refractivity contribution in [2.75, 3.05) is 7.05 Å². The highest BCUT2D eigenvalue weighted by atomic mass is 16.4. The van der Waals surface area contributed by atoms with E-state index in [-0.39, 0.29) is 11.8 Å². The van der Waals surface area contributed by atoms with Crippen LogP contribution in [0.15, 0.2) is 0 Å². The van der Waals surface area contributed by atoms with Gasteiger partial charge in [0.05, 0.1) is 5.92 Å². The molecule has 0 aliphatic carbocycles. The van der Waals surface area contributed by atoms with E-state index in [1.165, 1.54) is 11.9 Å². The zero-order chi connectivity index (χ0) is 7.89. The highest BCUT2D eigenvalue weighted by molar-refractivity contribution is 5.95. The van der Waals surface area contributed by atoms with Crippen LogP contribution < -0.4 is 0 Å². The topological polar surface area (TPSA) is 57.6 Å². The van der Waals surface area contributed by atoms with E-state index in [1.807, 2.05) is 0 Å². The van der Waals surface area contributed by atoms with E-state index in [2.05, 4.69) is 0 Å². The number of carboxylic acid groups (broad SMARTS) is 1. The molecule has 0 spiro atoms. The van der Waals surface area contributed by atoms with Gasteiger partial charge in [0.25, 0.3) is 0 Å². The van der Waals surface area contributed by atoms with Crippen LogP contribution >= 0.6 is 0 Å². The predicted octanol–water partition coefficient (Wildman–Crippen LogP) is -0.452. The van der Waals surface area contributed by atoms with Gasteiger partial charge in [0.1, 0.15) is 6.04 Å². The van der Waals surface area contributed by atoms with Crippen LogP contribution in [0.2, 0.25) is 0 Å². The first-order valence-corrected chi connectivity index (χ1v) is 3.05. The van der Waals surface area contributed by atoms with Crippen LogP contribution in [-0.2, 0) is 9.59 Å². The van der Waals surface area contributed by atoms with Crippen molar-refractivity contribution in [1.29, 1.82) is 0 Å². The molecule has 0 aromatic heterocycles. The summed E-state index contributed by atoms with van der Waals surface area (Å²) in [5.41, 5.74) is 0. The van der Waals surface area contributed by atoms with Gasteiger partial charge in [-0.1, -0.05) is 6.92 Å². The van der Waals surface area contributed by atoms with E-state index in [9.17, 15) is 9.59 Å². The molecule has 4 heteroatoms. The molecule has 1 amide bonds. The number of nitrogens with zero attached hydrogens (tertiary/aromatic N) is 1. The van der Waals surface area contributed by atoms with Gasteiger partial charge in [0.15, 0.2) is 0 Å². The maximum absolute atomic E-state index is 10.7. The number of hydrogen-bond donors (Lipinski definition) is 1. The summed E-state index contributed by atoms with van der Waals surface area (Å²) in [5, 5.41) is 8.50. The number of hydrogen-bond acceptors (Lipinski definition) is 2. The van der Waals surface area contributed by atoms with Crippen molar-refractivity contribution >= 4 is 11.9 Å². The second kappa shape index (κ2) is 1.97. The second-order valence-corrected chi connectivity index (χ2v) is 2.52. The first-order valence-electron chi connectivity index (χ1n) is 3.05. The number of β-lactam (4-membered cyclic amide) rings is 1. The molecule has 0 radical (unpaired) electrons. The van der Waals surface area contributed by atoms with Crippen LogP contribution in [0.5, 0.6) is 0 Å². The lowest BCUT2D eigenvalue weighted by Crippen LogP contribution is -2.61. The van der Waals surface area contributed by atoms with Crippen molar-refractivity contribution in [2.45, 2.75) is 13.0 Å². The van der Waals surface area contributed by atoms with Gasteiger partial charge in [0.2, 0.25) is 5.91 Å². The molecule has 10 heavy (non-hydrogen) atoms. The fourth-order valence-electron chi connectivity index (χ4n) is 1.23. The number of carboxylic acids is 1. The van der Waals surface area contributed by atoms with Gasteiger partial charge in [-0.2, -0.15) is 0 Å². The van der Waals surface area contributed by atoms with Gasteiger partial charge in [-0.3, -0.25) is 4.79 Å². The molecule has 4 nitrogen and oxygen atoms in total. The third-order valence-corrected chi connectivity index (χ3v) is 1.88. The zero-order valence-electron chi connectivity index (χ0n) is 5.87. The van der Waals surface area contributed by atoms with E-state index in [0.717, 1.165) is 0 Å². The average Bonchev–Trinajstić information content (AvgIpc) is 1.87. The normalized spacial score (nSPS) is 31.8. The maximum atomic E-state index is 10.7. The molecule has 0 aromatic rings. The van der Waals surface area contributed by atoms with Crippen molar-refractivity contribution in [1.82, 2.24) is 4.90 Å². The van der Waals surface area contributed by atoms with E-state index in [0.29, 0.717) is 0 Å². The fraction of sp³-hybridized carbons (Fsp3) is 0.667. The van der Waals surface area contributed by atoms with Crippen LogP contribution in [0.3, 0.4) is 0 Å². The summed E-state index contributed by atoms with van der Waals surface area (Å²) in [4.78, 5) is 22.3. The minimum absolute atomic E-state index is 0.0904. The summed E-state index contributed by atoms with van der Waals surface area (Å²) in [6.07, 6.45) is 0. The predicted molar refractivity (Wildman–Crippen MR) is 33.4 cm³/mol. The Kier molecular flexibility index (Phi) is 1.39. The van der Waals surface area contributed by atoms with Crippen molar-refractivity contribution in [3.05, 3.63) is 0 Å². The number of carbonyl (C=O) groups excluding carboxylic acids is 1. The van der Waals surface area contributed by atoms with Crippen molar-refractivity contribution in [2.24, 2.45) is 5.92 Å². The largest absolute Gasteiger partial charge is 0.480 e. The van der Waals surface area contributed by atoms with Crippen LogP contribution in [-0.4, -0.2) is 35.0 Å². The monoisotopic (exact) mass is 143 g/mol. The number of rotatable bonds is 1. The fourth-order valence-corrected chi connectivity index (χ4v) is 1.23. The highest BCUT2D eigenvalue weighted by Gasteiger charge is 2.46. The Hall–Kier alpha value is -1.06. The van der Waals surface area contributed by atoms with E-state index in [1.54, 1.807) is 6.92 Å². The number of likely N-dealkylation sites (tertiary alicyclic amines) is 1. The van der Waals surface area contributed by atoms with Gasteiger partial charge < -0.3 is 10.0 Å². The van der Waals surface area contributed by atoms with Gasteiger partial charge in [-0.15, -0.1) is 0 Å². The Balaban J connectivity index is 2.66. The summed E-state index contributed by atoms with van der Waals surface area (Å²) >= 11 is 0. The lowest BCUT2D eigenvalue weighted by molar-refractivity contribution is -0.167. The molecule has 56 valence electrons. The highest BCUT2D eigenvalue weighted by Crippen LogP contribution is 2.23. The van der Waals surface area contributed by atoms with Crippen molar-refractivity contribution in [3.63, 3.8) is 0 Å². The van der Waals surface area contributed by atoms with Crippen molar-refractivity contribution in [3.8, 4) is 0 Å². The van der Waals surface area contributed by atoms with Crippen LogP contribution in [0, 0.1) is 5.92 Å². The number of aliphatic carboxylic acids is 1. The number of carbonyl (C=O) groups is 2. The zero-order valence-corrected chi connectivity index (χ0v) is 5.87. The molecule has 1 fully saturated rings. The first-order chi connectivity index (χ1) is 4.55. The molecule has 2 unspecified atom stereocenters. The third-order valence-electron chi connectivity index (χ3n) is 1.88. The lowest BCUT2D eigenvalue weighted by Gasteiger charge is -2.40. The van der Waals surface area contributed by atoms with Crippen LogP contribution in [0.25, 0.3) is 0 Å². The Morgan fingerprint density at radius 1 is 1.70 bits per heavy atom. The second-order valence-electron chi connectivity index (χ2n) is 2.52. The van der Waals surface area contributed by atoms with Crippen LogP contribution in [0.1, 0.15) is 6.92 Å². The molecule has 0 saturated carbocycles. The van der Waals surface area contributed by atoms with E-state index in [4.69, 9.17) is 5.11 Å². The molecule has 1 saturated heterocycles. The summed E-state index contributed by atoms with van der Waals surface area (Å²) in [6, 6.07) is -0.604. The maximum Gasteiger partial charge on any atom is 0.327 e. The summed E-state index contributed by atoms with van der Waals surface area (Å²) < 4.78 is 0. The molecule has 1 aliphatic heterocycles. The Morgan fingerprint density at radius 2 is 2.20 bits per heavy atom. The average molecular weight is 143 g/mol.